The number of nitrogens with zero attached hydrogens (tertiary/aromatic N) is 1. The Bertz CT molecular complexity index is 507. The second-order valence-corrected chi connectivity index (χ2v) is 6.49. The van der Waals surface area contributed by atoms with E-state index in [1.807, 2.05) is 11.0 Å². The number of piperidine rings is 1. The zero-order chi connectivity index (χ0) is 14.2. The summed E-state index contributed by atoms with van der Waals surface area (Å²) >= 11 is 5.88. The normalized spacial score (nSPS) is 22.0. The molecule has 0 radical (unpaired) electrons. The summed E-state index contributed by atoms with van der Waals surface area (Å²) in [6.45, 7) is 3.23. The maximum atomic E-state index is 11.9. The molecule has 1 atom stereocenters. The third-order valence-corrected chi connectivity index (χ3v) is 4.66. The molecule has 1 fully saturated rings. The van der Waals surface area contributed by atoms with E-state index in [-0.39, 0.29) is 11.5 Å². The second-order valence-electron chi connectivity index (χ2n) is 5.83. The fourth-order valence-electron chi connectivity index (χ4n) is 3.19. The van der Waals surface area contributed by atoms with E-state index in [0.29, 0.717) is 0 Å². The molecule has 1 spiro atoms. The molecule has 2 aliphatic rings. The van der Waals surface area contributed by atoms with Gasteiger partial charge in [0.15, 0.2) is 0 Å². The molecule has 0 aromatic heterocycles. The van der Waals surface area contributed by atoms with Gasteiger partial charge in [-0.15, -0.1) is 11.6 Å². The highest BCUT2D eigenvalue weighted by molar-refractivity contribution is 6.30. The van der Waals surface area contributed by atoms with Crippen molar-refractivity contribution in [1.82, 2.24) is 4.90 Å². The molecule has 1 unspecified atom stereocenters. The van der Waals surface area contributed by atoms with Gasteiger partial charge in [0.1, 0.15) is 16.7 Å². The maximum Gasteiger partial charge on any atom is 0.240 e. The van der Waals surface area contributed by atoms with Gasteiger partial charge in [0.25, 0.3) is 0 Å². The zero-order valence-electron chi connectivity index (χ0n) is 11.8. The largest absolute Gasteiger partial charge is 0.487 e. The Morgan fingerprint density at radius 3 is 2.70 bits per heavy atom. The van der Waals surface area contributed by atoms with Crippen molar-refractivity contribution in [2.24, 2.45) is 0 Å². The van der Waals surface area contributed by atoms with Gasteiger partial charge in [0.2, 0.25) is 5.91 Å². The highest BCUT2D eigenvalue weighted by Gasteiger charge is 2.40. The highest BCUT2D eigenvalue weighted by Crippen LogP contribution is 2.39. The van der Waals surface area contributed by atoms with Crippen LogP contribution in [0.1, 0.15) is 31.7 Å². The number of halogens is 1. The number of likely N-dealkylation sites (tertiary alicyclic amines) is 1. The molecule has 4 heteroatoms. The number of carbonyl (C=O) groups excluding carboxylic acids is 1. The van der Waals surface area contributed by atoms with Crippen LogP contribution >= 0.6 is 11.6 Å². The number of amides is 1. The van der Waals surface area contributed by atoms with Crippen LogP contribution in [-0.4, -0.2) is 34.9 Å². The molecule has 3 rings (SSSR count). The summed E-state index contributed by atoms with van der Waals surface area (Å²) < 4.78 is 6.28. The highest BCUT2D eigenvalue weighted by atomic mass is 35.5. The number of hydrogen-bond acceptors (Lipinski definition) is 2. The molecule has 0 aliphatic carbocycles. The van der Waals surface area contributed by atoms with E-state index in [0.717, 1.165) is 44.5 Å². The monoisotopic (exact) mass is 293 g/mol. The molecule has 20 heavy (non-hydrogen) atoms. The van der Waals surface area contributed by atoms with E-state index in [1.54, 1.807) is 6.92 Å². The molecule has 1 saturated heterocycles. The molecule has 2 heterocycles. The van der Waals surface area contributed by atoms with Gasteiger partial charge in [0.05, 0.1) is 0 Å². The summed E-state index contributed by atoms with van der Waals surface area (Å²) in [5.74, 6) is 1.06. The first-order valence-electron chi connectivity index (χ1n) is 7.29. The van der Waals surface area contributed by atoms with Crippen molar-refractivity contribution in [3.8, 4) is 5.75 Å². The first-order valence-corrected chi connectivity index (χ1v) is 7.73. The van der Waals surface area contributed by atoms with E-state index >= 15 is 0 Å². The van der Waals surface area contributed by atoms with Gasteiger partial charge in [-0.25, -0.2) is 0 Å². The Morgan fingerprint density at radius 2 is 2.00 bits per heavy atom. The molecule has 1 aromatic carbocycles. The van der Waals surface area contributed by atoms with E-state index in [2.05, 4.69) is 18.2 Å². The number of para-hydroxylation sites is 1. The molecule has 3 nitrogen and oxygen atoms in total. The second kappa shape index (κ2) is 5.28. The van der Waals surface area contributed by atoms with E-state index in [1.165, 1.54) is 5.56 Å². The molecule has 0 N–H and O–H groups in total. The number of fused-ring (bicyclic) bond motifs is 1. The zero-order valence-corrected chi connectivity index (χ0v) is 12.5. The molecule has 1 amide bonds. The number of alkyl halides is 1. The Balaban J connectivity index is 1.68. The van der Waals surface area contributed by atoms with Gasteiger partial charge >= 0.3 is 0 Å². The van der Waals surface area contributed by atoms with Gasteiger partial charge < -0.3 is 9.64 Å². The van der Waals surface area contributed by atoms with Crippen molar-refractivity contribution in [2.75, 3.05) is 13.1 Å². The SMILES string of the molecule is CC(Cl)C(=O)N1CCC2(CCc3ccccc3O2)CC1. The van der Waals surface area contributed by atoms with E-state index in [4.69, 9.17) is 16.3 Å². The third kappa shape index (κ3) is 2.51. The minimum Gasteiger partial charge on any atom is -0.487 e. The van der Waals surface area contributed by atoms with Crippen LogP contribution in [-0.2, 0) is 11.2 Å². The Hall–Kier alpha value is -1.22. The van der Waals surface area contributed by atoms with Gasteiger partial charge in [-0.05, 0) is 31.4 Å². The Kier molecular flexibility index (Phi) is 3.63. The molecule has 2 aliphatic heterocycles. The number of ether oxygens (including phenoxy) is 1. The molecule has 0 bridgehead atoms. The average molecular weight is 294 g/mol. The predicted molar refractivity (Wildman–Crippen MR) is 79.3 cm³/mol. The molecule has 108 valence electrons. The van der Waals surface area contributed by atoms with Crippen LogP contribution in [0, 0.1) is 0 Å². The number of rotatable bonds is 1. The number of hydrogen-bond donors (Lipinski definition) is 0. The summed E-state index contributed by atoms with van der Waals surface area (Å²) in [6.07, 6.45) is 3.91. The van der Waals surface area contributed by atoms with Crippen LogP contribution in [0.5, 0.6) is 5.75 Å². The quantitative estimate of drug-likeness (QED) is 0.745. The van der Waals surface area contributed by atoms with Crippen molar-refractivity contribution < 1.29 is 9.53 Å². The van der Waals surface area contributed by atoms with Crippen molar-refractivity contribution in [3.05, 3.63) is 29.8 Å². The van der Waals surface area contributed by atoms with Gasteiger partial charge in [-0.2, -0.15) is 0 Å². The number of aryl methyl sites for hydroxylation is 1. The van der Waals surface area contributed by atoms with Crippen LogP contribution in [0.15, 0.2) is 24.3 Å². The fraction of sp³-hybridized carbons (Fsp3) is 0.562. The summed E-state index contributed by atoms with van der Waals surface area (Å²) in [4.78, 5) is 13.8. The number of carbonyl (C=O) groups is 1. The Morgan fingerprint density at radius 1 is 1.30 bits per heavy atom. The third-order valence-electron chi connectivity index (χ3n) is 4.48. The standard InChI is InChI=1S/C16H20ClNO2/c1-12(17)15(19)18-10-8-16(9-11-18)7-6-13-4-2-3-5-14(13)20-16/h2-5,12H,6-11H2,1H3. The van der Waals surface area contributed by atoms with E-state index in [9.17, 15) is 4.79 Å². The average Bonchev–Trinajstić information content (AvgIpc) is 2.47. The lowest BCUT2D eigenvalue weighted by atomic mass is 9.83. The maximum absolute atomic E-state index is 11.9. The van der Waals surface area contributed by atoms with Gasteiger partial charge in [-0.3, -0.25) is 4.79 Å². The summed E-state index contributed by atoms with van der Waals surface area (Å²) in [7, 11) is 0. The smallest absolute Gasteiger partial charge is 0.240 e. The Labute approximate surface area is 124 Å². The van der Waals surface area contributed by atoms with Crippen LogP contribution in [0.25, 0.3) is 0 Å². The summed E-state index contributed by atoms with van der Waals surface area (Å²) in [5, 5.41) is -0.433. The molecule has 0 saturated carbocycles. The van der Waals surface area contributed by atoms with Crippen molar-refractivity contribution in [3.63, 3.8) is 0 Å². The van der Waals surface area contributed by atoms with Crippen LogP contribution in [0.3, 0.4) is 0 Å². The minimum absolute atomic E-state index is 0.0396. The van der Waals surface area contributed by atoms with Crippen LogP contribution in [0.4, 0.5) is 0 Å². The van der Waals surface area contributed by atoms with Gasteiger partial charge in [0, 0.05) is 25.9 Å². The summed E-state index contributed by atoms with van der Waals surface area (Å²) in [6, 6.07) is 8.26. The predicted octanol–water partition coefficient (Wildman–Crippen LogP) is 3.00. The molecular formula is C16H20ClNO2. The van der Waals surface area contributed by atoms with Crippen molar-refractivity contribution in [2.45, 2.75) is 43.6 Å². The first kappa shape index (κ1) is 13.7. The first-order chi connectivity index (χ1) is 9.60. The lowest BCUT2D eigenvalue weighted by Crippen LogP contribution is -2.52. The number of benzene rings is 1. The van der Waals surface area contributed by atoms with Crippen LogP contribution in [0.2, 0.25) is 0 Å². The summed E-state index contributed by atoms with van der Waals surface area (Å²) in [5.41, 5.74) is 1.21. The topological polar surface area (TPSA) is 29.5 Å². The minimum atomic E-state index is -0.433. The molecular weight excluding hydrogens is 274 g/mol. The van der Waals surface area contributed by atoms with Crippen molar-refractivity contribution in [1.29, 1.82) is 0 Å². The van der Waals surface area contributed by atoms with E-state index < -0.39 is 5.38 Å². The molecule has 1 aromatic rings. The fourth-order valence-corrected chi connectivity index (χ4v) is 3.33. The van der Waals surface area contributed by atoms with Gasteiger partial charge in [-0.1, -0.05) is 18.2 Å². The van der Waals surface area contributed by atoms with Crippen molar-refractivity contribution >= 4 is 17.5 Å². The lowest BCUT2D eigenvalue weighted by molar-refractivity contribution is -0.134. The van der Waals surface area contributed by atoms with Crippen LogP contribution < -0.4 is 4.74 Å². The lowest BCUT2D eigenvalue weighted by Gasteiger charge is -2.44.